The summed E-state index contributed by atoms with van der Waals surface area (Å²) < 4.78 is 21.3. The quantitative estimate of drug-likeness (QED) is 0.419. The monoisotopic (exact) mass is 456 g/mol. The first-order chi connectivity index (χ1) is 16.0. The van der Waals surface area contributed by atoms with Crippen molar-refractivity contribution < 1.29 is 28.5 Å². The van der Waals surface area contributed by atoms with Gasteiger partial charge in [0.15, 0.2) is 0 Å². The van der Waals surface area contributed by atoms with E-state index >= 15 is 0 Å². The van der Waals surface area contributed by atoms with E-state index in [9.17, 15) is 9.59 Å². The third-order valence-corrected chi connectivity index (χ3v) is 5.84. The van der Waals surface area contributed by atoms with Crippen molar-refractivity contribution in [1.29, 1.82) is 0 Å². The predicted molar refractivity (Wildman–Crippen MR) is 124 cm³/mol. The lowest BCUT2D eigenvalue weighted by Crippen LogP contribution is -2.60. The van der Waals surface area contributed by atoms with Crippen LogP contribution in [0.25, 0.3) is 0 Å². The molecule has 0 saturated carbocycles. The molecule has 1 heterocycles. The molecule has 2 aromatic rings. The number of hydrogen-bond acceptors (Lipinski definition) is 7. The first-order valence-corrected chi connectivity index (χ1v) is 11.1. The molecule has 8 nitrogen and oxygen atoms in total. The van der Waals surface area contributed by atoms with Gasteiger partial charge in [-0.15, -0.1) is 0 Å². The van der Waals surface area contributed by atoms with Gasteiger partial charge in [0.25, 0.3) is 0 Å². The number of ether oxygens (including phenoxy) is 4. The highest BCUT2D eigenvalue weighted by Crippen LogP contribution is 2.24. The fraction of sp³-hybridized carbons (Fsp3) is 0.440. The molecular formula is C25H32N2O6. The van der Waals surface area contributed by atoms with Gasteiger partial charge in [0, 0.05) is 25.8 Å². The van der Waals surface area contributed by atoms with Crippen LogP contribution in [0.3, 0.4) is 0 Å². The number of nitrogens with one attached hydrogen (secondary N) is 2. The summed E-state index contributed by atoms with van der Waals surface area (Å²) in [5, 5.41) is 6.53. The minimum absolute atomic E-state index is 0.0725. The number of hydrogen-bond donors (Lipinski definition) is 2. The summed E-state index contributed by atoms with van der Waals surface area (Å²) in [6.45, 7) is 3.86. The van der Waals surface area contributed by atoms with E-state index in [0.29, 0.717) is 50.5 Å². The first kappa shape index (κ1) is 24.5. The molecule has 0 unspecified atom stereocenters. The minimum atomic E-state index is -0.726. The zero-order valence-corrected chi connectivity index (χ0v) is 19.4. The Kier molecular flexibility index (Phi) is 8.68. The highest BCUT2D eigenvalue weighted by Gasteiger charge is 2.40. The van der Waals surface area contributed by atoms with Crippen molar-refractivity contribution in [2.24, 2.45) is 0 Å². The number of methoxy groups -OCH3 is 2. The molecule has 2 aromatic carbocycles. The molecule has 0 aliphatic carbocycles. The summed E-state index contributed by atoms with van der Waals surface area (Å²) >= 11 is 0. The molecular weight excluding hydrogens is 424 g/mol. The Morgan fingerprint density at radius 3 is 2.42 bits per heavy atom. The fourth-order valence-electron chi connectivity index (χ4n) is 3.80. The van der Waals surface area contributed by atoms with E-state index in [0.717, 1.165) is 11.3 Å². The lowest BCUT2D eigenvalue weighted by molar-refractivity contribution is -0.132. The standard InChI is InChI=1S/C25H32N2O6/c1-18(19-7-9-20(10-8-19)23(28)31-3)27-24(29)25(11-14-32-15-12-25)26-13-16-33-22-6-4-5-21(17-22)30-2/h4-10,17-18,26H,11-16H2,1-3H3,(H,27,29)/t18-/m0/s1. The van der Waals surface area contributed by atoms with Gasteiger partial charge < -0.3 is 24.3 Å². The molecule has 0 radical (unpaired) electrons. The van der Waals surface area contributed by atoms with Crippen molar-refractivity contribution >= 4 is 11.9 Å². The first-order valence-electron chi connectivity index (χ1n) is 11.1. The average molecular weight is 457 g/mol. The Morgan fingerprint density at radius 2 is 1.76 bits per heavy atom. The van der Waals surface area contributed by atoms with E-state index in [2.05, 4.69) is 10.6 Å². The molecule has 0 aromatic heterocycles. The highest BCUT2D eigenvalue weighted by molar-refractivity contribution is 5.89. The summed E-state index contributed by atoms with van der Waals surface area (Å²) in [5.74, 6) is 0.983. The molecule has 33 heavy (non-hydrogen) atoms. The van der Waals surface area contributed by atoms with Gasteiger partial charge in [0.05, 0.1) is 25.8 Å². The van der Waals surface area contributed by atoms with Crippen molar-refractivity contribution in [2.75, 3.05) is 40.6 Å². The Hall–Kier alpha value is -3.10. The van der Waals surface area contributed by atoms with Crippen molar-refractivity contribution in [3.05, 3.63) is 59.7 Å². The van der Waals surface area contributed by atoms with Crippen LogP contribution >= 0.6 is 0 Å². The number of esters is 1. The molecule has 1 aliphatic rings. The Balaban J connectivity index is 1.58. The van der Waals surface area contributed by atoms with Crippen LogP contribution in [0.5, 0.6) is 11.5 Å². The van der Waals surface area contributed by atoms with Crippen molar-refractivity contribution in [3.63, 3.8) is 0 Å². The molecule has 0 bridgehead atoms. The van der Waals surface area contributed by atoms with Gasteiger partial charge in [-0.2, -0.15) is 0 Å². The van der Waals surface area contributed by atoms with Crippen LogP contribution in [0, 0.1) is 0 Å². The third-order valence-electron chi connectivity index (χ3n) is 5.84. The summed E-state index contributed by atoms with van der Waals surface area (Å²) in [6.07, 6.45) is 1.15. The minimum Gasteiger partial charge on any atom is -0.497 e. The van der Waals surface area contributed by atoms with Crippen molar-refractivity contribution in [2.45, 2.75) is 31.3 Å². The maximum Gasteiger partial charge on any atom is 0.337 e. The van der Waals surface area contributed by atoms with Crippen LogP contribution in [0.2, 0.25) is 0 Å². The van der Waals surface area contributed by atoms with E-state index < -0.39 is 5.54 Å². The van der Waals surface area contributed by atoms with Crippen LogP contribution in [0.4, 0.5) is 0 Å². The molecule has 1 fully saturated rings. The van der Waals surface area contributed by atoms with Crippen molar-refractivity contribution in [3.8, 4) is 11.5 Å². The molecule has 1 amide bonds. The maximum absolute atomic E-state index is 13.3. The Bertz CT molecular complexity index is 925. The molecule has 3 rings (SSSR count). The highest BCUT2D eigenvalue weighted by atomic mass is 16.5. The average Bonchev–Trinajstić information content (AvgIpc) is 2.86. The van der Waals surface area contributed by atoms with Gasteiger partial charge in [0.2, 0.25) is 5.91 Å². The van der Waals surface area contributed by atoms with E-state index in [1.165, 1.54) is 7.11 Å². The summed E-state index contributed by atoms with van der Waals surface area (Å²) in [5.41, 5.74) is 0.647. The zero-order chi connectivity index (χ0) is 23.7. The number of carbonyl (C=O) groups is 2. The lowest BCUT2D eigenvalue weighted by atomic mass is 9.88. The third kappa shape index (κ3) is 6.46. The molecule has 1 saturated heterocycles. The molecule has 1 atom stereocenters. The number of carbonyl (C=O) groups excluding carboxylic acids is 2. The molecule has 2 N–H and O–H groups in total. The van der Waals surface area contributed by atoms with Gasteiger partial charge in [0.1, 0.15) is 23.6 Å². The fourth-order valence-corrected chi connectivity index (χ4v) is 3.80. The predicted octanol–water partition coefficient (Wildman–Crippen LogP) is 2.88. The maximum atomic E-state index is 13.3. The lowest BCUT2D eigenvalue weighted by Gasteiger charge is -2.37. The van der Waals surface area contributed by atoms with Gasteiger partial charge in [-0.05, 0) is 49.6 Å². The normalized spacial score (nSPS) is 15.8. The van der Waals surface area contributed by atoms with Crippen LogP contribution < -0.4 is 20.1 Å². The molecule has 178 valence electrons. The largest absolute Gasteiger partial charge is 0.497 e. The Labute approximate surface area is 194 Å². The van der Waals surface area contributed by atoms with Crippen LogP contribution in [0.15, 0.2) is 48.5 Å². The Morgan fingerprint density at radius 1 is 1.06 bits per heavy atom. The molecule has 1 aliphatic heterocycles. The summed E-state index contributed by atoms with van der Waals surface area (Å²) in [7, 11) is 2.96. The molecule has 0 spiro atoms. The summed E-state index contributed by atoms with van der Waals surface area (Å²) in [4.78, 5) is 25.0. The van der Waals surface area contributed by atoms with Gasteiger partial charge in [-0.1, -0.05) is 18.2 Å². The van der Waals surface area contributed by atoms with Crippen molar-refractivity contribution in [1.82, 2.24) is 10.6 Å². The van der Waals surface area contributed by atoms with E-state index in [-0.39, 0.29) is 17.9 Å². The number of rotatable bonds is 10. The SMILES string of the molecule is COC(=O)c1ccc([C@H](C)NC(=O)C2(NCCOc3cccc(OC)c3)CCOCC2)cc1. The van der Waals surface area contributed by atoms with Gasteiger partial charge in [-0.25, -0.2) is 4.79 Å². The van der Waals surface area contributed by atoms with Crippen LogP contribution in [0.1, 0.15) is 41.7 Å². The van der Waals surface area contributed by atoms with E-state index in [1.807, 2.05) is 43.3 Å². The summed E-state index contributed by atoms with van der Waals surface area (Å²) in [6, 6.07) is 14.2. The van der Waals surface area contributed by atoms with Gasteiger partial charge >= 0.3 is 5.97 Å². The number of benzene rings is 2. The second-order valence-electron chi connectivity index (χ2n) is 7.96. The van der Waals surface area contributed by atoms with Gasteiger partial charge in [-0.3, -0.25) is 10.1 Å². The van der Waals surface area contributed by atoms with E-state index in [4.69, 9.17) is 18.9 Å². The van der Waals surface area contributed by atoms with E-state index in [1.54, 1.807) is 19.2 Å². The smallest absolute Gasteiger partial charge is 0.337 e. The molecule has 8 heteroatoms. The number of amides is 1. The topological polar surface area (TPSA) is 95.1 Å². The second-order valence-corrected chi connectivity index (χ2v) is 7.96. The second kappa shape index (κ2) is 11.7. The zero-order valence-electron chi connectivity index (χ0n) is 19.4. The van der Waals surface area contributed by atoms with Crippen LogP contribution in [-0.4, -0.2) is 58.0 Å². The van der Waals surface area contributed by atoms with Crippen LogP contribution in [-0.2, 0) is 14.3 Å².